The molecule has 0 aromatic heterocycles. The number of benzene rings is 1. The summed E-state index contributed by atoms with van der Waals surface area (Å²) in [5.74, 6) is -1.87. The highest BCUT2D eigenvalue weighted by Crippen LogP contribution is 2.00. The maximum absolute atomic E-state index is 9.60. The Morgan fingerprint density at radius 1 is 1.00 bits per heavy atom. The summed E-state index contributed by atoms with van der Waals surface area (Å²) in [7, 11) is 0. The molecule has 0 aliphatic carbocycles. The number of carbonyl (C=O) groups is 2. The maximum atomic E-state index is 9.60. The normalized spacial score (nSPS) is 9.04. The van der Waals surface area contributed by atoms with Crippen LogP contribution in [-0.4, -0.2) is 22.2 Å². The second kappa shape index (κ2) is 14.5. The Kier molecular flexibility index (Phi) is 13.9. The van der Waals surface area contributed by atoms with Gasteiger partial charge in [-0.15, -0.1) is 0 Å². The molecule has 5 nitrogen and oxygen atoms in total. The SMILES string of the molecule is C=C(C)C(=O)O.C=C(C)C(=O)O.N#CC=CC=Cc1ccccc1. The predicted octanol–water partition coefficient (Wildman–Crippen LogP) is 4.07. The van der Waals surface area contributed by atoms with E-state index < -0.39 is 11.9 Å². The summed E-state index contributed by atoms with van der Waals surface area (Å²) in [6, 6.07) is 11.9. The highest BCUT2D eigenvalue weighted by atomic mass is 16.4. The fraction of sp³-hybridized carbons (Fsp3) is 0.105. The van der Waals surface area contributed by atoms with Gasteiger partial charge in [-0.2, -0.15) is 5.26 Å². The zero-order chi connectivity index (χ0) is 19.0. The minimum absolute atomic E-state index is 0.176. The van der Waals surface area contributed by atoms with Crippen LogP contribution in [0.1, 0.15) is 19.4 Å². The lowest BCUT2D eigenvalue weighted by molar-refractivity contribution is -0.133. The quantitative estimate of drug-likeness (QED) is 0.493. The third kappa shape index (κ3) is 16.7. The van der Waals surface area contributed by atoms with Crippen LogP contribution in [0.15, 0.2) is 72.9 Å². The van der Waals surface area contributed by atoms with Crippen molar-refractivity contribution in [3.63, 3.8) is 0 Å². The number of hydrogen-bond donors (Lipinski definition) is 2. The summed E-state index contributed by atoms with van der Waals surface area (Å²) < 4.78 is 0. The number of allylic oxidation sites excluding steroid dienone is 3. The van der Waals surface area contributed by atoms with Gasteiger partial charge in [0.1, 0.15) is 0 Å². The van der Waals surface area contributed by atoms with Crippen LogP contribution in [0.5, 0.6) is 0 Å². The van der Waals surface area contributed by atoms with Crippen LogP contribution < -0.4 is 0 Å². The summed E-state index contributed by atoms with van der Waals surface area (Å²) in [5, 5.41) is 24.0. The first-order valence-electron chi connectivity index (χ1n) is 6.77. The molecule has 0 amide bonds. The van der Waals surface area contributed by atoms with Crippen molar-refractivity contribution >= 4 is 18.0 Å². The van der Waals surface area contributed by atoms with E-state index in [1.165, 1.54) is 19.9 Å². The molecule has 0 heterocycles. The van der Waals surface area contributed by atoms with E-state index in [0.29, 0.717) is 0 Å². The molecule has 0 fully saturated rings. The average Bonchev–Trinajstić information content (AvgIpc) is 2.53. The smallest absolute Gasteiger partial charge is 0.330 e. The molecule has 1 aromatic carbocycles. The van der Waals surface area contributed by atoms with Crippen molar-refractivity contribution in [1.82, 2.24) is 0 Å². The molecule has 0 bridgehead atoms. The third-order valence-corrected chi connectivity index (χ3v) is 2.10. The molecule has 0 saturated carbocycles. The van der Waals surface area contributed by atoms with E-state index in [2.05, 4.69) is 13.2 Å². The van der Waals surface area contributed by atoms with Crippen LogP contribution in [0.2, 0.25) is 0 Å². The third-order valence-electron chi connectivity index (χ3n) is 2.10. The van der Waals surface area contributed by atoms with Crippen molar-refractivity contribution in [2.75, 3.05) is 0 Å². The van der Waals surface area contributed by atoms with E-state index in [-0.39, 0.29) is 11.1 Å². The Bertz CT molecular complexity index is 602. The lowest BCUT2D eigenvalue weighted by Gasteiger charge is -1.87. The van der Waals surface area contributed by atoms with Gasteiger partial charge in [0.2, 0.25) is 0 Å². The van der Waals surface area contributed by atoms with E-state index >= 15 is 0 Å². The van der Waals surface area contributed by atoms with Crippen LogP contribution in [0, 0.1) is 11.3 Å². The van der Waals surface area contributed by atoms with E-state index in [1.54, 1.807) is 6.08 Å². The van der Waals surface area contributed by atoms with Gasteiger partial charge >= 0.3 is 11.9 Å². The van der Waals surface area contributed by atoms with Gasteiger partial charge in [-0.1, -0.05) is 61.7 Å². The lowest BCUT2D eigenvalue weighted by atomic mass is 10.2. The minimum Gasteiger partial charge on any atom is -0.478 e. The van der Waals surface area contributed by atoms with Gasteiger partial charge in [-0.25, -0.2) is 9.59 Å². The van der Waals surface area contributed by atoms with E-state index in [9.17, 15) is 9.59 Å². The molecule has 0 aliphatic heterocycles. The molecule has 24 heavy (non-hydrogen) atoms. The van der Waals surface area contributed by atoms with Crippen LogP contribution in [0.4, 0.5) is 0 Å². The van der Waals surface area contributed by atoms with Crippen molar-refractivity contribution in [3.8, 4) is 6.07 Å². The van der Waals surface area contributed by atoms with Crippen LogP contribution in [-0.2, 0) is 9.59 Å². The number of rotatable bonds is 4. The number of hydrogen-bond acceptors (Lipinski definition) is 3. The van der Waals surface area contributed by atoms with Crippen molar-refractivity contribution in [1.29, 1.82) is 5.26 Å². The molecule has 5 heteroatoms. The zero-order valence-corrected chi connectivity index (χ0v) is 13.8. The fourth-order valence-corrected chi connectivity index (χ4v) is 0.829. The molecule has 126 valence electrons. The first-order valence-corrected chi connectivity index (χ1v) is 6.77. The number of carboxylic acids is 2. The Morgan fingerprint density at radius 2 is 1.42 bits per heavy atom. The molecule has 0 atom stereocenters. The van der Waals surface area contributed by atoms with Gasteiger partial charge in [0.05, 0.1) is 6.07 Å². The zero-order valence-electron chi connectivity index (χ0n) is 13.8. The van der Waals surface area contributed by atoms with Gasteiger partial charge in [0.15, 0.2) is 0 Å². The second-order valence-corrected chi connectivity index (χ2v) is 4.43. The Morgan fingerprint density at radius 3 is 1.75 bits per heavy atom. The summed E-state index contributed by atoms with van der Waals surface area (Å²) in [6.07, 6.45) is 6.96. The Labute approximate surface area is 142 Å². The van der Waals surface area contributed by atoms with Gasteiger partial charge in [-0.05, 0) is 19.4 Å². The highest BCUT2D eigenvalue weighted by molar-refractivity contribution is 5.85. The highest BCUT2D eigenvalue weighted by Gasteiger charge is 1.90. The van der Waals surface area contributed by atoms with Gasteiger partial charge in [0.25, 0.3) is 0 Å². The van der Waals surface area contributed by atoms with Gasteiger partial charge in [-0.3, -0.25) is 0 Å². The van der Waals surface area contributed by atoms with Crippen LogP contribution in [0.25, 0.3) is 6.08 Å². The van der Waals surface area contributed by atoms with Gasteiger partial charge in [0, 0.05) is 17.2 Å². The predicted molar refractivity (Wildman–Crippen MR) is 95.1 cm³/mol. The lowest BCUT2D eigenvalue weighted by Crippen LogP contribution is -1.92. The Balaban J connectivity index is 0. The largest absolute Gasteiger partial charge is 0.478 e. The van der Waals surface area contributed by atoms with Crippen LogP contribution in [0.3, 0.4) is 0 Å². The van der Waals surface area contributed by atoms with Crippen molar-refractivity contribution < 1.29 is 19.8 Å². The van der Waals surface area contributed by atoms with Gasteiger partial charge < -0.3 is 10.2 Å². The summed E-state index contributed by atoms with van der Waals surface area (Å²) in [4.78, 5) is 19.2. The molecule has 0 saturated heterocycles. The number of nitrogens with zero attached hydrogens (tertiary/aromatic N) is 1. The fourth-order valence-electron chi connectivity index (χ4n) is 0.829. The maximum Gasteiger partial charge on any atom is 0.330 e. The van der Waals surface area contributed by atoms with Crippen molar-refractivity contribution in [3.05, 3.63) is 78.4 Å². The first kappa shape index (κ1) is 22.9. The topological polar surface area (TPSA) is 98.4 Å². The molecule has 0 unspecified atom stereocenters. The molecular weight excluding hydrogens is 306 g/mol. The molecule has 1 rings (SSSR count). The molecule has 0 spiro atoms. The first-order chi connectivity index (χ1) is 11.2. The van der Waals surface area contributed by atoms with Crippen molar-refractivity contribution in [2.24, 2.45) is 0 Å². The summed E-state index contributed by atoms with van der Waals surface area (Å²) in [6.45, 7) is 9.20. The number of carboxylic acid groups (broad SMARTS) is 2. The standard InChI is InChI=1S/C11H9N.2C4H6O2/c12-10-6-2-5-9-11-7-3-1-4-8-11;2*1-3(2)4(5)6/h1-9H;2*1H2,2H3,(H,5,6). The van der Waals surface area contributed by atoms with E-state index in [0.717, 1.165) is 5.56 Å². The summed E-state index contributed by atoms with van der Waals surface area (Å²) >= 11 is 0. The van der Waals surface area contributed by atoms with Crippen LogP contribution >= 0.6 is 0 Å². The Hall–Kier alpha value is -3.39. The molecular formula is C19H21NO4. The monoisotopic (exact) mass is 327 g/mol. The average molecular weight is 327 g/mol. The molecule has 0 radical (unpaired) electrons. The molecule has 0 aliphatic rings. The van der Waals surface area contributed by atoms with E-state index in [4.69, 9.17) is 15.5 Å². The molecule has 1 aromatic rings. The molecule has 2 N–H and O–H groups in total. The summed E-state index contributed by atoms with van der Waals surface area (Å²) in [5.41, 5.74) is 1.49. The minimum atomic E-state index is -0.935. The van der Waals surface area contributed by atoms with Crippen molar-refractivity contribution in [2.45, 2.75) is 13.8 Å². The number of aliphatic carboxylic acids is 2. The van der Waals surface area contributed by atoms with E-state index in [1.807, 2.05) is 48.6 Å². The second-order valence-electron chi connectivity index (χ2n) is 4.43. The number of nitriles is 1.